The molecular weight excluding hydrogens is 263 g/mol. The molecule has 1 heterocycles. The highest BCUT2D eigenvalue weighted by atomic mass is 19.1. The van der Waals surface area contributed by atoms with Gasteiger partial charge in [-0.2, -0.15) is 0 Å². The second kappa shape index (κ2) is 5.90. The number of carbonyl (C=O) groups is 2. The van der Waals surface area contributed by atoms with Gasteiger partial charge in [-0.25, -0.2) is 4.39 Å². The largest absolute Gasteiger partial charge is 0.506 e. The lowest BCUT2D eigenvalue weighted by molar-refractivity contribution is -0.135. The summed E-state index contributed by atoms with van der Waals surface area (Å²) in [6.45, 7) is 2.36. The molecule has 0 aromatic heterocycles. The number of aromatic hydroxyl groups is 1. The SMILES string of the molecule is CCC(C(=O)Nc1cc(F)ccc1O)N1CCCC1=O. The second-order valence-electron chi connectivity index (χ2n) is 4.77. The highest BCUT2D eigenvalue weighted by Gasteiger charge is 2.31. The summed E-state index contributed by atoms with van der Waals surface area (Å²) in [5, 5.41) is 12.1. The van der Waals surface area contributed by atoms with Crippen LogP contribution in [0.5, 0.6) is 5.75 Å². The van der Waals surface area contributed by atoms with Gasteiger partial charge in [-0.15, -0.1) is 0 Å². The highest BCUT2D eigenvalue weighted by Crippen LogP contribution is 2.25. The number of phenolic OH excluding ortho intramolecular Hbond substituents is 1. The van der Waals surface area contributed by atoms with Crippen LogP contribution in [0.4, 0.5) is 10.1 Å². The smallest absolute Gasteiger partial charge is 0.247 e. The first-order valence-electron chi connectivity index (χ1n) is 6.61. The number of rotatable bonds is 4. The van der Waals surface area contributed by atoms with E-state index in [2.05, 4.69) is 5.32 Å². The summed E-state index contributed by atoms with van der Waals surface area (Å²) in [5.74, 6) is -1.22. The zero-order valence-corrected chi connectivity index (χ0v) is 11.2. The molecule has 20 heavy (non-hydrogen) atoms. The van der Waals surface area contributed by atoms with Crippen molar-refractivity contribution in [3.63, 3.8) is 0 Å². The molecule has 2 rings (SSSR count). The number of carbonyl (C=O) groups excluding carboxylic acids is 2. The number of hydrogen-bond acceptors (Lipinski definition) is 3. The van der Waals surface area contributed by atoms with E-state index < -0.39 is 17.8 Å². The van der Waals surface area contributed by atoms with E-state index in [-0.39, 0.29) is 17.3 Å². The topological polar surface area (TPSA) is 69.6 Å². The van der Waals surface area contributed by atoms with Crippen LogP contribution in [0, 0.1) is 5.82 Å². The van der Waals surface area contributed by atoms with Crippen molar-refractivity contribution in [2.75, 3.05) is 11.9 Å². The molecule has 1 aliphatic heterocycles. The Kier molecular flexibility index (Phi) is 4.22. The fraction of sp³-hybridized carbons (Fsp3) is 0.429. The number of halogens is 1. The van der Waals surface area contributed by atoms with Crippen LogP contribution in [-0.2, 0) is 9.59 Å². The lowest BCUT2D eigenvalue weighted by atomic mass is 10.1. The minimum absolute atomic E-state index is 0.0140. The number of nitrogens with zero attached hydrogens (tertiary/aromatic N) is 1. The highest BCUT2D eigenvalue weighted by molar-refractivity contribution is 5.98. The maximum absolute atomic E-state index is 13.1. The minimum atomic E-state index is -0.590. The molecule has 1 atom stereocenters. The number of hydrogen-bond donors (Lipinski definition) is 2. The van der Waals surface area contributed by atoms with Crippen LogP contribution < -0.4 is 5.32 Å². The van der Waals surface area contributed by atoms with Crippen molar-refractivity contribution in [1.29, 1.82) is 0 Å². The van der Waals surface area contributed by atoms with E-state index in [1.165, 1.54) is 11.0 Å². The first kappa shape index (κ1) is 14.3. The summed E-state index contributed by atoms with van der Waals surface area (Å²) < 4.78 is 13.1. The van der Waals surface area contributed by atoms with Gasteiger partial charge in [0.05, 0.1) is 5.69 Å². The zero-order chi connectivity index (χ0) is 14.7. The fourth-order valence-corrected chi connectivity index (χ4v) is 2.37. The molecule has 0 bridgehead atoms. The number of benzene rings is 1. The van der Waals surface area contributed by atoms with E-state index in [1.807, 2.05) is 0 Å². The van der Waals surface area contributed by atoms with Crippen LogP contribution in [0.15, 0.2) is 18.2 Å². The maximum Gasteiger partial charge on any atom is 0.247 e. The summed E-state index contributed by atoms with van der Waals surface area (Å²) in [5.41, 5.74) is 0.0140. The van der Waals surface area contributed by atoms with Gasteiger partial charge in [0.25, 0.3) is 0 Å². The van der Waals surface area contributed by atoms with Crippen molar-refractivity contribution in [2.45, 2.75) is 32.2 Å². The summed E-state index contributed by atoms with van der Waals surface area (Å²) in [6.07, 6.45) is 1.66. The van der Waals surface area contributed by atoms with E-state index in [0.29, 0.717) is 19.4 Å². The van der Waals surface area contributed by atoms with Gasteiger partial charge in [-0.1, -0.05) is 6.92 Å². The van der Waals surface area contributed by atoms with Crippen LogP contribution >= 0.6 is 0 Å². The first-order chi connectivity index (χ1) is 9.52. The average molecular weight is 280 g/mol. The Bertz CT molecular complexity index is 533. The molecule has 108 valence electrons. The third kappa shape index (κ3) is 2.89. The minimum Gasteiger partial charge on any atom is -0.506 e. The van der Waals surface area contributed by atoms with Crippen molar-refractivity contribution in [1.82, 2.24) is 4.90 Å². The van der Waals surface area contributed by atoms with Gasteiger partial charge in [-0.05, 0) is 25.0 Å². The molecule has 2 N–H and O–H groups in total. The van der Waals surface area contributed by atoms with Gasteiger partial charge in [0.1, 0.15) is 17.6 Å². The molecule has 1 unspecified atom stereocenters. The monoisotopic (exact) mass is 280 g/mol. The van der Waals surface area contributed by atoms with Crippen LogP contribution in [0.1, 0.15) is 26.2 Å². The molecule has 0 saturated carbocycles. The van der Waals surface area contributed by atoms with Gasteiger partial charge in [0, 0.05) is 19.0 Å². The Morgan fingerprint density at radius 2 is 2.30 bits per heavy atom. The molecular formula is C14H17FN2O3. The van der Waals surface area contributed by atoms with Gasteiger partial charge in [0.15, 0.2) is 0 Å². The molecule has 1 aliphatic rings. The molecule has 5 nitrogen and oxygen atoms in total. The van der Waals surface area contributed by atoms with E-state index in [4.69, 9.17) is 0 Å². The summed E-state index contributed by atoms with van der Waals surface area (Å²) in [4.78, 5) is 25.4. The van der Waals surface area contributed by atoms with Gasteiger partial charge < -0.3 is 15.3 Å². The van der Waals surface area contributed by atoms with Crippen molar-refractivity contribution >= 4 is 17.5 Å². The summed E-state index contributed by atoms with van der Waals surface area (Å²) in [6, 6.07) is 2.73. The molecule has 6 heteroatoms. The predicted octanol–water partition coefficient (Wildman–Crippen LogP) is 1.87. The molecule has 2 amide bonds. The Morgan fingerprint density at radius 3 is 2.90 bits per heavy atom. The lowest BCUT2D eigenvalue weighted by Crippen LogP contribution is -2.44. The maximum atomic E-state index is 13.1. The molecule has 1 aromatic rings. The Morgan fingerprint density at radius 1 is 1.55 bits per heavy atom. The molecule has 0 radical (unpaired) electrons. The van der Waals surface area contributed by atoms with Crippen molar-refractivity contribution in [2.24, 2.45) is 0 Å². The standard InChI is InChI=1S/C14H17FN2O3/c1-2-11(17-7-3-4-13(17)19)14(20)16-10-8-9(15)5-6-12(10)18/h5-6,8,11,18H,2-4,7H2,1H3,(H,16,20). The molecule has 0 aliphatic carbocycles. The van der Waals surface area contributed by atoms with Crippen LogP contribution in [0.3, 0.4) is 0 Å². The fourth-order valence-electron chi connectivity index (χ4n) is 2.37. The number of phenols is 1. The van der Waals surface area contributed by atoms with E-state index >= 15 is 0 Å². The summed E-state index contributed by atoms with van der Waals surface area (Å²) in [7, 11) is 0. The Hall–Kier alpha value is -2.11. The molecule has 0 spiro atoms. The molecule has 1 aromatic carbocycles. The normalized spacial score (nSPS) is 16.3. The van der Waals surface area contributed by atoms with E-state index in [0.717, 1.165) is 18.6 Å². The second-order valence-corrected chi connectivity index (χ2v) is 4.77. The molecule has 1 fully saturated rings. The van der Waals surface area contributed by atoms with Crippen LogP contribution in [0.25, 0.3) is 0 Å². The zero-order valence-electron chi connectivity index (χ0n) is 11.2. The van der Waals surface area contributed by atoms with E-state index in [9.17, 15) is 19.1 Å². The van der Waals surface area contributed by atoms with Crippen molar-refractivity contribution in [3.8, 4) is 5.75 Å². The Balaban J connectivity index is 2.13. The number of nitrogens with one attached hydrogen (secondary N) is 1. The van der Waals surface area contributed by atoms with Gasteiger partial charge in [-0.3, -0.25) is 9.59 Å². The lowest BCUT2D eigenvalue weighted by Gasteiger charge is -2.25. The number of likely N-dealkylation sites (tertiary alicyclic amines) is 1. The van der Waals surface area contributed by atoms with Crippen molar-refractivity contribution in [3.05, 3.63) is 24.0 Å². The van der Waals surface area contributed by atoms with Gasteiger partial charge in [0.2, 0.25) is 11.8 Å². The van der Waals surface area contributed by atoms with Crippen LogP contribution in [0.2, 0.25) is 0 Å². The Labute approximate surface area is 116 Å². The number of anilines is 1. The molecule has 1 saturated heterocycles. The number of amides is 2. The first-order valence-corrected chi connectivity index (χ1v) is 6.61. The van der Waals surface area contributed by atoms with Gasteiger partial charge >= 0.3 is 0 Å². The summed E-state index contributed by atoms with van der Waals surface area (Å²) >= 11 is 0. The quantitative estimate of drug-likeness (QED) is 0.827. The average Bonchev–Trinajstić information content (AvgIpc) is 2.81. The third-order valence-corrected chi connectivity index (χ3v) is 3.39. The van der Waals surface area contributed by atoms with Crippen molar-refractivity contribution < 1.29 is 19.1 Å². The predicted molar refractivity (Wildman–Crippen MR) is 71.7 cm³/mol. The van der Waals surface area contributed by atoms with Crippen LogP contribution in [-0.4, -0.2) is 34.4 Å². The third-order valence-electron chi connectivity index (χ3n) is 3.39. The van der Waals surface area contributed by atoms with E-state index in [1.54, 1.807) is 6.92 Å².